The lowest BCUT2D eigenvalue weighted by atomic mass is 10.0. The van der Waals surface area contributed by atoms with E-state index in [-0.39, 0.29) is 5.69 Å². The van der Waals surface area contributed by atoms with Gasteiger partial charge in [-0.15, -0.1) is 0 Å². The number of hydrogen-bond acceptors (Lipinski definition) is 5. The molecule has 0 radical (unpaired) electrons. The molecule has 1 aromatic carbocycles. The van der Waals surface area contributed by atoms with Crippen molar-refractivity contribution in [3.63, 3.8) is 0 Å². The Morgan fingerprint density at radius 3 is 2.17 bits per heavy atom. The van der Waals surface area contributed by atoms with Crippen LogP contribution in [0.1, 0.15) is 11.1 Å². The summed E-state index contributed by atoms with van der Waals surface area (Å²) in [5.41, 5.74) is 1.61. The van der Waals surface area contributed by atoms with Gasteiger partial charge in [0.1, 0.15) is 5.71 Å². The molecule has 1 heterocycles. The summed E-state index contributed by atoms with van der Waals surface area (Å²) in [5.74, 6) is 0. The third-order valence-corrected chi connectivity index (χ3v) is 2.41. The zero-order chi connectivity index (χ0) is 13.0. The van der Waals surface area contributed by atoms with Gasteiger partial charge in [0.2, 0.25) is 0 Å². The van der Waals surface area contributed by atoms with E-state index in [4.69, 9.17) is 5.21 Å². The molecular formula is C12H9N3O3. The molecule has 90 valence electrons. The first kappa shape index (κ1) is 11.7. The smallest absolute Gasteiger partial charge is 0.269 e. The predicted octanol–water partition coefficient (Wildman–Crippen LogP) is 2.22. The Kier molecular flexibility index (Phi) is 3.29. The maximum absolute atomic E-state index is 10.5. The Morgan fingerprint density at radius 2 is 1.67 bits per heavy atom. The molecule has 0 unspecified atom stereocenters. The third-order valence-electron chi connectivity index (χ3n) is 2.41. The van der Waals surface area contributed by atoms with E-state index >= 15 is 0 Å². The highest BCUT2D eigenvalue weighted by molar-refractivity contribution is 6.12. The molecule has 0 aliphatic heterocycles. The first-order valence-electron chi connectivity index (χ1n) is 5.09. The van der Waals surface area contributed by atoms with Crippen LogP contribution >= 0.6 is 0 Å². The molecule has 2 rings (SSSR count). The summed E-state index contributed by atoms with van der Waals surface area (Å²) in [6, 6.07) is 9.18. The minimum Gasteiger partial charge on any atom is -0.410 e. The number of oxime groups is 1. The summed E-state index contributed by atoms with van der Waals surface area (Å²) in [7, 11) is 0. The van der Waals surface area contributed by atoms with E-state index in [1.165, 1.54) is 24.3 Å². The zero-order valence-electron chi connectivity index (χ0n) is 9.22. The van der Waals surface area contributed by atoms with Gasteiger partial charge in [0, 0.05) is 35.7 Å². The second kappa shape index (κ2) is 5.05. The molecule has 1 N–H and O–H groups in total. The molecule has 2 aromatic rings. The molecule has 0 aliphatic rings. The van der Waals surface area contributed by atoms with Crippen LogP contribution in [0.4, 0.5) is 5.69 Å². The van der Waals surface area contributed by atoms with E-state index in [1.807, 2.05) is 0 Å². The fraction of sp³-hybridized carbons (Fsp3) is 0. The second-order valence-corrected chi connectivity index (χ2v) is 3.49. The van der Waals surface area contributed by atoms with Crippen LogP contribution in [-0.2, 0) is 0 Å². The summed E-state index contributed by atoms with van der Waals surface area (Å²) in [6.45, 7) is 0. The molecule has 0 aliphatic carbocycles. The first-order chi connectivity index (χ1) is 8.72. The van der Waals surface area contributed by atoms with Crippen molar-refractivity contribution in [1.29, 1.82) is 0 Å². The number of aromatic nitrogens is 1. The summed E-state index contributed by atoms with van der Waals surface area (Å²) in [4.78, 5) is 13.9. The summed E-state index contributed by atoms with van der Waals surface area (Å²) in [6.07, 6.45) is 3.15. The van der Waals surface area contributed by atoms with Gasteiger partial charge < -0.3 is 5.21 Å². The summed E-state index contributed by atoms with van der Waals surface area (Å²) >= 11 is 0. The Bertz CT molecular complexity index is 579. The number of non-ortho nitro benzene ring substituents is 1. The third kappa shape index (κ3) is 2.32. The van der Waals surface area contributed by atoms with E-state index < -0.39 is 4.92 Å². The van der Waals surface area contributed by atoms with Gasteiger partial charge in [-0.2, -0.15) is 0 Å². The molecular weight excluding hydrogens is 234 g/mol. The molecule has 0 atom stereocenters. The maximum atomic E-state index is 10.5. The maximum Gasteiger partial charge on any atom is 0.269 e. The van der Waals surface area contributed by atoms with Crippen molar-refractivity contribution < 1.29 is 10.1 Å². The van der Waals surface area contributed by atoms with Gasteiger partial charge in [-0.3, -0.25) is 15.1 Å². The highest BCUT2D eigenvalue weighted by atomic mass is 16.6. The van der Waals surface area contributed by atoms with Gasteiger partial charge in [0.25, 0.3) is 5.69 Å². The van der Waals surface area contributed by atoms with Crippen molar-refractivity contribution >= 4 is 11.4 Å². The van der Waals surface area contributed by atoms with E-state index in [2.05, 4.69) is 10.1 Å². The van der Waals surface area contributed by atoms with Crippen molar-refractivity contribution in [1.82, 2.24) is 4.98 Å². The highest BCUT2D eigenvalue weighted by Crippen LogP contribution is 2.15. The molecule has 0 saturated carbocycles. The number of pyridine rings is 1. The molecule has 6 nitrogen and oxygen atoms in total. The Labute approximate surface area is 102 Å². The Balaban J connectivity index is 2.38. The lowest BCUT2D eigenvalue weighted by Gasteiger charge is -2.03. The molecule has 0 amide bonds. The molecule has 18 heavy (non-hydrogen) atoms. The lowest BCUT2D eigenvalue weighted by Crippen LogP contribution is -2.03. The van der Waals surface area contributed by atoms with Gasteiger partial charge in [-0.1, -0.05) is 5.16 Å². The number of rotatable bonds is 3. The molecule has 0 fully saturated rings. The first-order valence-corrected chi connectivity index (χ1v) is 5.09. The topological polar surface area (TPSA) is 88.6 Å². The summed E-state index contributed by atoms with van der Waals surface area (Å²) in [5, 5.41) is 22.8. The number of benzene rings is 1. The van der Waals surface area contributed by atoms with Gasteiger partial charge in [0.05, 0.1) is 4.92 Å². The molecule has 0 bridgehead atoms. The van der Waals surface area contributed by atoms with E-state index in [1.54, 1.807) is 24.5 Å². The average Bonchev–Trinajstić information content (AvgIpc) is 2.41. The molecule has 0 saturated heterocycles. The standard InChI is InChI=1S/C12H9N3O3/c16-14-12(10-5-7-13-8-6-10)9-1-3-11(4-2-9)15(17)18/h1-8,16H/b14-12-. The highest BCUT2D eigenvalue weighted by Gasteiger charge is 2.10. The second-order valence-electron chi connectivity index (χ2n) is 3.49. The van der Waals surface area contributed by atoms with Gasteiger partial charge in [-0.25, -0.2) is 0 Å². The fourth-order valence-corrected chi connectivity index (χ4v) is 1.53. The van der Waals surface area contributed by atoms with Crippen LogP contribution in [0.25, 0.3) is 0 Å². The monoisotopic (exact) mass is 243 g/mol. The Hall–Kier alpha value is -2.76. The Morgan fingerprint density at radius 1 is 1.11 bits per heavy atom. The van der Waals surface area contributed by atoms with Gasteiger partial charge >= 0.3 is 0 Å². The predicted molar refractivity (Wildman–Crippen MR) is 64.8 cm³/mol. The van der Waals surface area contributed by atoms with Crippen LogP contribution in [-0.4, -0.2) is 20.8 Å². The minimum atomic E-state index is -0.480. The van der Waals surface area contributed by atoms with E-state index in [0.717, 1.165) is 0 Å². The van der Waals surface area contributed by atoms with E-state index in [9.17, 15) is 10.1 Å². The van der Waals surface area contributed by atoms with Crippen molar-refractivity contribution in [3.8, 4) is 0 Å². The minimum absolute atomic E-state index is 0.00855. The molecule has 0 spiro atoms. The van der Waals surface area contributed by atoms with Crippen LogP contribution < -0.4 is 0 Å². The van der Waals surface area contributed by atoms with E-state index in [0.29, 0.717) is 16.8 Å². The van der Waals surface area contributed by atoms with Gasteiger partial charge in [-0.05, 0) is 24.3 Å². The number of nitro groups is 1. The van der Waals surface area contributed by atoms with Crippen molar-refractivity contribution in [2.75, 3.05) is 0 Å². The van der Waals surface area contributed by atoms with Crippen molar-refractivity contribution in [3.05, 3.63) is 70.0 Å². The molecule has 6 heteroatoms. The van der Waals surface area contributed by atoms with Crippen LogP contribution in [0.15, 0.2) is 53.9 Å². The number of nitro benzene ring substituents is 1. The zero-order valence-corrected chi connectivity index (χ0v) is 9.22. The van der Waals surface area contributed by atoms with Crippen LogP contribution in [0.3, 0.4) is 0 Å². The normalized spacial score (nSPS) is 11.2. The number of nitrogens with zero attached hydrogens (tertiary/aromatic N) is 3. The lowest BCUT2D eigenvalue weighted by molar-refractivity contribution is -0.384. The van der Waals surface area contributed by atoms with Gasteiger partial charge in [0.15, 0.2) is 0 Å². The van der Waals surface area contributed by atoms with Crippen LogP contribution in [0.5, 0.6) is 0 Å². The van der Waals surface area contributed by atoms with Crippen LogP contribution in [0, 0.1) is 10.1 Å². The van der Waals surface area contributed by atoms with Crippen molar-refractivity contribution in [2.24, 2.45) is 5.16 Å². The summed E-state index contributed by atoms with van der Waals surface area (Å²) < 4.78 is 0. The average molecular weight is 243 g/mol. The SMILES string of the molecule is O=[N+]([O-])c1ccc(/C(=N/O)c2ccncc2)cc1. The largest absolute Gasteiger partial charge is 0.410 e. The molecule has 1 aromatic heterocycles. The van der Waals surface area contributed by atoms with Crippen molar-refractivity contribution in [2.45, 2.75) is 0 Å². The quantitative estimate of drug-likeness (QED) is 0.387. The fourth-order valence-electron chi connectivity index (χ4n) is 1.53. The van der Waals surface area contributed by atoms with Crippen LogP contribution in [0.2, 0.25) is 0 Å². The number of hydrogen-bond donors (Lipinski definition) is 1.